The molecular formula is C16H15N3O4. The number of hydrogen-bond acceptors (Lipinski definition) is 5. The largest absolute Gasteiger partial charge is 0.465 e. The van der Waals surface area contributed by atoms with Crippen LogP contribution in [0.2, 0.25) is 0 Å². The minimum atomic E-state index is -0.583. The molecule has 118 valence electrons. The number of nitrogens with zero attached hydrogens (tertiary/aromatic N) is 3. The van der Waals surface area contributed by atoms with Gasteiger partial charge in [-0.2, -0.15) is 9.78 Å². The molecule has 0 aromatic heterocycles. The zero-order chi connectivity index (χ0) is 16.4. The van der Waals surface area contributed by atoms with Gasteiger partial charge < -0.3 is 14.4 Å². The predicted octanol–water partition coefficient (Wildman–Crippen LogP) is 0.918. The summed E-state index contributed by atoms with van der Waals surface area (Å²) in [6.45, 7) is 0.147. The maximum Gasteiger partial charge on any atom is 0.341 e. The first-order valence-corrected chi connectivity index (χ1v) is 7.03. The SMILES string of the molecule is COC(=O)c1cn(CCO)cc2c(=O)n(-c3ccccc3)nc1-2. The molecule has 0 fully saturated rings. The highest BCUT2D eigenvalue weighted by molar-refractivity contribution is 5.96. The Hall–Kier alpha value is -2.93. The van der Waals surface area contributed by atoms with Gasteiger partial charge in [0.1, 0.15) is 11.3 Å². The number of carbonyl (C=O) groups is 1. The summed E-state index contributed by atoms with van der Waals surface area (Å²) in [6, 6.07) is 8.95. The molecule has 0 radical (unpaired) electrons. The lowest BCUT2D eigenvalue weighted by Gasteiger charge is -2.10. The highest BCUT2D eigenvalue weighted by Gasteiger charge is 2.24. The molecule has 3 rings (SSSR count). The van der Waals surface area contributed by atoms with Gasteiger partial charge in [-0.25, -0.2) is 4.79 Å². The summed E-state index contributed by atoms with van der Waals surface area (Å²) in [6.07, 6.45) is 3.10. The number of aromatic nitrogens is 3. The zero-order valence-corrected chi connectivity index (χ0v) is 12.5. The first-order chi connectivity index (χ1) is 11.2. The molecule has 1 aromatic rings. The molecule has 2 aliphatic heterocycles. The van der Waals surface area contributed by atoms with Gasteiger partial charge in [-0.1, -0.05) is 18.2 Å². The Morgan fingerprint density at radius 3 is 2.65 bits per heavy atom. The van der Waals surface area contributed by atoms with E-state index in [0.717, 1.165) is 0 Å². The summed E-state index contributed by atoms with van der Waals surface area (Å²) in [5.74, 6) is -0.583. The number of ether oxygens (including phenoxy) is 1. The third kappa shape index (κ3) is 2.62. The number of hydrogen-bond donors (Lipinski definition) is 1. The number of para-hydroxylation sites is 1. The van der Waals surface area contributed by atoms with Crippen molar-refractivity contribution in [1.29, 1.82) is 0 Å². The number of aliphatic hydroxyl groups excluding tert-OH is 1. The summed E-state index contributed by atoms with van der Waals surface area (Å²) < 4.78 is 7.59. The summed E-state index contributed by atoms with van der Waals surface area (Å²) >= 11 is 0. The fourth-order valence-electron chi connectivity index (χ4n) is 2.41. The molecule has 2 aliphatic rings. The van der Waals surface area contributed by atoms with Crippen LogP contribution < -0.4 is 5.56 Å². The van der Waals surface area contributed by atoms with E-state index in [2.05, 4.69) is 5.10 Å². The van der Waals surface area contributed by atoms with E-state index in [1.165, 1.54) is 18.0 Å². The van der Waals surface area contributed by atoms with Crippen molar-refractivity contribution >= 4 is 5.97 Å². The molecule has 0 unspecified atom stereocenters. The van der Waals surface area contributed by atoms with Crippen molar-refractivity contribution in [3.05, 3.63) is 58.6 Å². The minimum Gasteiger partial charge on any atom is -0.465 e. The molecular weight excluding hydrogens is 298 g/mol. The fourth-order valence-corrected chi connectivity index (χ4v) is 2.41. The van der Waals surface area contributed by atoms with Gasteiger partial charge in [-0.3, -0.25) is 4.79 Å². The van der Waals surface area contributed by atoms with Crippen LogP contribution in [0, 0.1) is 0 Å². The normalized spacial score (nSPS) is 10.9. The van der Waals surface area contributed by atoms with Crippen LogP contribution in [0.1, 0.15) is 10.4 Å². The average molecular weight is 313 g/mol. The number of fused-ring (bicyclic) bond motifs is 1. The van der Waals surface area contributed by atoms with Crippen molar-refractivity contribution in [2.24, 2.45) is 0 Å². The quantitative estimate of drug-likeness (QED) is 0.724. The van der Waals surface area contributed by atoms with Gasteiger partial charge in [-0.05, 0) is 12.1 Å². The highest BCUT2D eigenvalue weighted by atomic mass is 16.5. The third-order valence-corrected chi connectivity index (χ3v) is 3.49. The second-order valence-electron chi connectivity index (χ2n) is 4.94. The Morgan fingerprint density at radius 2 is 2.00 bits per heavy atom. The Bertz CT molecular complexity index is 867. The smallest absolute Gasteiger partial charge is 0.341 e. The Labute approximate surface area is 131 Å². The third-order valence-electron chi connectivity index (χ3n) is 3.49. The Kier molecular flexibility index (Phi) is 3.94. The summed E-state index contributed by atoms with van der Waals surface area (Å²) in [5.41, 5.74) is 1.04. The van der Waals surface area contributed by atoms with Crippen LogP contribution >= 0.6 is 0 Å². The average Bonchev–Trinajstić information content (AvgIpc) is 2.92. The Morgan fingerprint density at radius 1 is 1.26 bits per heavy atom. The van der Waals surface area contributed by atoms with Crippen molar-refractivity contribution < 1.29 is 14.6 Å². The number of rotatable bonds is 4. The van der Waals surface area contributed by atoms with E-state index in [1.54, 1.807) is 35.0 Å². The summed E-state index contributed by atoms with van der Waals surface area (Å²) in [7, 11) is 1.27. The van der Waals surface area contributed by atoms with Crippen LogP contribution in [0.3, 0.4) is 0 Å². The van der Waals surface area contributed by atoms with Gasteiger partial charge in [0, 0.05) is 18.9 Å². The minimum absolute atomic E-state index is 0.113. The second kappa shape index (κ2) is 6.05. The van der Waals surface area contributed by atoms with Gasteiger partial charge in [0.15, 0.2) is 0 Å². The topological polar surface area (TPSA) is 86.4 Å². The monoisotopic (exact) mass is 313 g/mol. The van der Waals surface area contributed by atoms with Crippen LogP contribution in [0.4, 0.5) is 0 Å². The molecule has 0 aliphatic carbocycles. The molecule has 0 saturated carbocycles. The van der Waals surface area contributed by atoms with Crippen LogP contribution in [0.15, 0.2) is 47.5 Å². The first-order valence-electron chi connectivity index (χ1n) is 7.03. The molecule has 7 heteroatoms. The van der Waals surface area contributed by atoms with E-state index in [9.17, 15) is 9.59 Å². The second-order valence-corrected chi connectivity index (χ2v) is 4.94. The van der Waals surface area contributed by atoms with Crippen LogP contribution in [-0.4, -0.2) is 39.1 Å². The number of pyridine rings is 1. The predicted molar refractivity (Wildman–Crippen MR) is 82.9 cm³/mol. The standard InChI is InChI=1S/C16H15N3O4/c1-23-16(22)13-10-18(7-8-20)9-12-14(13)17-19(15(12)21)11-5-3-2-4-6-11/h2-6,9-10,20H,7-8H2,1H3. The van der Waals surface area contributed by atoms with Crippen LogP contribution in [-0.2, 0) is 11.3 Å². The molecule has 0 saturated heterocycles. The molecule has 2 heterocycles. The van der Waals surface area contributed by atoms with Gasteiger partial charge in [0.25, 0.3) is 5.56 Å². The highest BCUT2D eigenvalue weighted by Crippen LogP contribution is 2.22. The molecule has 1 N–H and O–H groups in total. The number of methoxy groups -OCH3 is 1. The van der Waals surface area contributed by atoms with E-state index in [0.29, 0.717) is 11.3 Å². The number of esters is 1. The molecule has 0 amide bonds. The fraction of sp³-hybridized carbons (Fsp3) is 0.188. The maximum absolute atomic E-state index is 12.6. The molecule has 1 aromatic carbocycles. The van der Waals surface area contributed by atoms with E-state index >= 15 is 0 Å². The molecule has 7 nitrogen and oxygen atoms in total. The maximum atomic E-state index is 12.6. The van der Waals surface area contributed by atoms with Gasteiger partial charge in [-0.15, -0.1) is 0 Å². The van der Waals surface area contributed by atoms with Crippen molar-refractivity contribution in [3.63, 3.8) is 0 Å². The first kappa shape index (κ1) is 15.0. The van der Waals surface area contributed by atoms with Crippen LogP contribution in [0.5, 0.6) is 0 Å². The molecule has 23 heavy (non-hydrogen) atoms. The van der Waals surface area contributed by atoms with Gasteiger partial charge >= 0.3 is 5.97 Å². The van der Waals surface area contributed by atoms with Gasteiger partial charge in [0.2, 0.25) is 0 Å². The molecule has 0 atom stereocenters. The lowest BCUT2D eigenvalue weighted by atomic mass is 10.1. The van der Waals surface area contributed by atoms with E-state index in [1.807, 2.05) is 6.07 Å². The lowest BCUT2D eigenvalue weighted by molar-refractivity contribution is 0.0600. The van der Waals surface area contributed by atoms with E-state index in [-0.39, 0.29) is 30.0 Å². The molecule has 0 spiro atoms. The summed E-state index contributed by atoms with van der Waals surface area (Å²) in [4.78, 5) is 24.6. The van der Waals surface area contributed by atoms with Gasteiger partial charge in [0.05, 0.1) is 25.0 Å². The number of carbonyl (C=O) groups excluding carboxylic acids is 1. The van der Waals surface area contributed by atoms with Crippen molar-refractivity contribution in [3.8, 4) is 16.9 Å². The van der Waals surface area contributed by atoms with E-state index in [4.69, 9.17) is 9.84 Å². The zero-order valence-electron chi connectivity index (χ0n) is 12.5. The lowest BCUT2D eigenvalue weighted by Crippen LogP contribution is -2.16. The van der Waals surface area contributed by atoms with Crippen LogP contribution in [0.25, 0.3) is 16.9 Å². The van der Waals surface area contributed by atoms with Crippen molar-refractivity contribution in [2.75, 3.05) is 13.7 Å². The van der Waals surface area contributed by atoms with Crippen molar-refractivity contribution in [2.45, 2.75) is 6.54 Å². The Balaban J connectivity index is 2.27. The van der Waals surface area contributed by atoms with Crippen molar-refractivity contribution in [1.82, 2.24) is 14.3 Å². The summed E-state index contributed by atoms with van der Waals surface area (Å²) in [5, 5.41) is 13.4. The number of benzene rings is 1. The molecule has 0 bridgehead atoms. The van der Waals surface area contributed by atoms with E-state index < -0.39 is 5.97 Å². The number of aliphatic hydroxyl groups is 1.